The Balaban J connectivity index is 1.63. The van der Waals surface area contributed by atoms with E-state index in [1.807, 2.05) is 24.3 Å². The minimum atomic E-state index is -0.180. The molecule has 0 amide bonds. The molecule has 2 fully saturated rings. The quantitative estimate of drug-likeness (QED) is 0.858. The summed E-state index contributed by atoms with van der Waals surface area (Å²) in [4.78, 5) is 14.0. The van der Waals surface area contributed by atoms with Gasteiger partial charge in [0.15, 0.2) is 0 Å². The summed E-state index contributed by atoms with van der Waals surface area (Å²) in [5.74, 6) is 0. The molecule has 2 aliphatic rings. The van der Waals surface area contributed by atoms with E-state index in [1.54, 1.807) is 0 Å². The first kappa shape index (κ1) is 14.2. The Bertz CT molecular complexity index is 462. The molecule has 1 aromatic carbocycles. The number of fused-ring (bicyclic) bond motifs is 1. The van der Waals surface area contributed by atoms with E-state index >= 15 is 0 Å². The maximum atomic E-state index is 11.4. The first-order valence-electron chi connectivity index (χ1n) is 7.47. The summed E-state index contributed by atoms with van der Waals surface area (Å²) in [7, 11) is 0. The molecule has 1 N–H and O–H groups in total. The second-order valence-corrected chi connectivity index (χ2v) is 6.80. The SMILES string of the molecule is O=CC(NC1CCN2CCCC2C1)c1ccc(Br)cc1. The molecule has 0 saturated carbocycles. The molecule has 0 aromatic heterocycles. The monoisotopic (exact) mass is 336 g/mol. The third-order valence-electron chi connectivity index (χ3n) is 4.60. The molecule has 2 heterocycles. The van der Waals surface area contributed by atoms with Crippen LogP contribution in [0.15, 0.2) is 28.7 Å². The number of benzene rings is 1. The van der Waals surface area contributed by atoms with Crippen LogP contribution in [0.1, 0.15) is 37.3 Å². The van der Waals surface area contributed by atoms with Gasteiger partial charge in [-0.2, -0.15) is 0 Å². The van der Waals surface area contributed by atoms with Crippen LogP contribution in [0.3, 0.4) is 0 Å². The van der Waals surface area contributed by atoms with Crippen LogP contribution >= 0.6 is 15.9 Å². The summed E-state index contributed by atoms with van der Waals surface area (Å²) in [6, 6.07) is 9.04. The van der Waals surface area contributed by atoms with Gasteiger partial charge in [-0.15, -0.1) is 0 Å². The van der Waals surface area contributed by atoms with Gasteiger partial charge in [-0.05, 0) is 56.5 Å². The highest BCUT2D eigenvalue weighted by molar-refractivity contribution is 9.10. The lowest BCUT2D eigenvalue weighted by Crippen LogP contribution is -2.46. The third-order valence-corrected chi connectivity index (χ3v) is 5.13. The van der Waals surface area contributed by atoms with E-state index in [9.17, 15) is 4.79 Å². The minimum absolute atomic E-state index is 0.180. The summed E-state index contributed by atoms with van der Waals surface area (Å²) < 4.78 is 1.05. The summed E-state index contributed by atoms with van der Waals surface area (Å²) in [6.07, 6.45) is 6.02. The van der Waals surface area contributed by atoms with Gasteiger partial charge in [0.1, 0.15) is 6.29 Å². The Morgan fingerprint density at radius 2 is 2.05 bits per heavy atom. The highest BCUT2D eigenvalue weighted by Gasteiger charge is 2.32. The maximum Gasteiger partial charge on any atom is 0.141 e. The van der Waals surface area contributed by atoms with Gasteiger partial charge in [0.25, 0.3) is 0 Å². The number of rotatable bonds is 4. The number of aldehydes is 1. The smallest absolute Gasteiger partial charge is 0.141 e. The second kappa shape index (κ2) is 6.37. The lowest BCUT2D eigenvalue weighted by molar-refractivity contribution is -0.110. The molecule has 1 aromatic rings. The predicted molar refractivity (Wildman–Crippen MR) is 83.7 cm³/mol. The number of carbonyl (C=O) groups is 1. The molecule has 4 heteroatoms. The van der Waals surface area contributed by atoms with E-state index in [-0.39, 0.29) is 6.04 Å². The first-order valence-corrected chi connectivity index (χ1v) is 8.26. The van der Waals surface area contributed by atoms with Gasteiger partial charge in [0.2, 0.25) is 0 Å². The van der Waals surface area contributed by atoms with Crippen LogP contribution in [0, 0.1) is 0 Å². The Morgan fingerprint density at radius 1 is 1.25 bits per heavy atom. The number of halogens is 1. The number of piperidine rings is 1. The number of carbonyl (C=O) groups excluding carboxylic acids is 1. The average Bonchev–Trinajstić information content (AvgIpc) is 2.93. The molecule has 2 aliphatic heterocycles. The van der Waals surface area contributed by atoms with Crippen molar-refractivity contribution in [3.05, 3.63) is 34.3 Å². The zero-order chi connectivity index (χ0) is 13.9. The fourth-order valence-corrected chi connectivity index (χ4v) is 3.78. The maximum absolute atomic E-state index is 11.4. The van der Waals surface area contributed by atoms with Gasteiger partial charge >= 0.3 is 0 Å². The molecule has 3 nitrogen and oxygen atoms in total. The lowest BCUT2D eigenvalue weighted by atomic mass is 9.96. The third kappa shape index (κ3) is 3.13. The summed E-state index contributed by atoms with van der Waals surface area (Å²) in [6.45, 7) is 2.44. The van der Waals surface area contributed by atoms with Gasteiger partial charge in [-0.3, -0.25) is 0 Å². The largest absolute Gasteiger partial charge is 0.301 e. The van der Waals surface area contributed by atoms with E-state index in [0.29, 0.717) is 6.04 Å². The van der Waals surface area contributed by atoms with E-state index in [4.69, 9.17) is 0 Å². The van der Waals surface area contributed by atoms with Crippen LogP contribution in [0.2, 0.25) is 0 Å². The zero-order valence-electron chi connectivity index (χ0n) is 11.6. The fraction of sp³-hybridized carbons (Fsp3) is 0.562. The molecule has 0 bridgehead atoms. The molecule has 3 unspecified atom stereocenters. The van der Waals surface area contributed by atoms with Crippen LogP contribution in [0.25, 0.3) is 0 Å². The Labute approximate surface area is 128 Å². The van der Waals surface area contributed by atoms with Crippen molar-refractivity contribution in [2.45, 2.75) is 43.8 Å². The van der Waals surface area contributed by atoms with Crippen molar-refractivity contribution in [3.63, 3.8) is 0 Å². The van der Waals surface area contributed by atoms with E-state index < -0.39 is 0 Å². The molecular weight excluding hydrogens is 316 g/mol. The summed E-state index contributed by atoms with van der Waals surface area (Å²) in [5.41, 5.74) is 1.05. The van der Waals surface area contributed by atoms with Crippen LogP contribution in [-0.2, 0) is 4.79 Å². The van der Waals surface area contributed by atoms with Crippen LogP contribution < -0.4 is 5.32 Å². The molecule has 20 heavy (non-hydrogen) atoms. The minimum Gasteiger partial charge on any atom is -0.301 e. The standard InChI is InChI=1S/C16H21BrN2O/c17-13-5-3-12(4-6-13)16(11-20)18-14-7-9-19-8-1-2-15(19)10-14/h3-6,11,14-16,18H,1-2,7-10H2. The zero-order valence-corrected chi connectivity index (χ0v) is 13.2. The highest BCUT2D eigenvalue weighted by atomic mass is 79.9. The molecule has 108 valence electrons. The Morgan fingerprint density at radius 3 is 2.80 bits per heavy atom. The normalized spacial score (nSPS) is 28.1. The number of nitrogens with one attached hydrogen (secondary N) is 1. The van der Waals surface area contributed by atoms with Crippen LogP contribution in [-0.4, -0.2) is 36.4 Å². The van der Waals surface area contributed by atoms with Crippen molar-refractivity contribution in [1.29, 1.82) is 0 Å². The van der Waals surface area contributed by atoms with Crippen molar-refractivity contribution in [2.75, 3.05) is 13.1 Å². The van der Waals surface area contributed by atoms with Crippen molar-refractivity contribution in [3.8, 4) is 0 Å². The molecular formula is C16H21BrN2O. The molecule has 3 rings (SSSR count). The Kier molecular flexibility index (Phi) is 4.54. The number of hydrogen-bond acceptors (Lipinski definition) is 3. The molecule has 3 atom stereocenters. The van der Waals surface area contributed by atoms with Crippen molar-refractivity contribution in [2.24, 2.45) is 0 Å². The lowest BCUT2D eigenvalue weighted by Gasteiger charge is -2.36. The van der Waals surface area contributed by atoms with Gasteiger partial charge in [0, 0.05) is 16.6 Å². The number of hydrogen-bond donors (Lipinski definition) is 1. The molecule has 0 radical (unpaired) electrons. The topological polar surface area (TPSA) is 32.3 Å². The van der Waals surface area contributed by atoms with Gasteiger partial charge in [0.05, 0.1) is 6.04 Å². The van der Waals surface area contributed by atoms with Crippen LogP contribution in [0.4, 0.5) is 0 Å². The van der Waals surface area contributed by atoms with Gasteiger partial charge in [-0.25, -0.2) is 0 Å². The van der Waals surface area contributed by atoms with E-state index in [0.717, 1.165) is 28.8 Å². The van der Waals surface area contributed by atoms with Gasteiger partial charge < -0.3 is 15.0 Å². The van der Waals surface area contributed by atoms with Crippen LogP contribution in [0.5, 0.6) is 0 Å². The number of nitrogens with zero attached hydrogens (tertiary/aromatic N) is 1. The average molecular weight is 337 g/mol. The molecule has 0 spiro atoms. The van der Waals surface area contributed by atoms with E-state index in [1.165, 1.54) is 32.4 Å². The van der Waals surface area contributed by atoms with Crippen molar-refractivity contribution in [1.82, 2.24) is 10.2 Å². The fourth-order valence-electron chi connectivity index (χ4n) is 3.51. The molecule has 0 aliphatic carbocycles. The molecule has 2 saturated heterocycles. The summed E-state index contributed by atoms with van der Waals surface area (Å²) in [5, 5.41) is 3.54. The highest BCUT2D eigenvalue weighted by Crippen LogP contribution is 2.28. The first-order chi connectivity index (χ1) is 9.76. The Hall–Kier alpha value is -0.710. The van der Waals surface area contributed by atoms with Gasteiger partial charge in [-0.1, -0.05) is 28.1 Å². The predicted octanol–water partition coefficient (Wildman–Crippen LogP) is 2.91. The van der Waals surface area contributed by atoms with Crippen molar-refractivity contribution >= 4 is 22.2 Å². The van der Waals surface area contributed by atoms with E-state index in [2.05, 4.69) is 26.1 Å². The van der Waals surface area contributed by atoms with Crippen molar-refractivity contribution < 1.29 is 4.79 Å². The second-order valence-electron chi connectivity index (χ2n) is 5.89. The summed E-state index contributed by atoms with van der Waals surface area (Å²) >= 11 is 3.43.